The minimum atomic E-state index is 0.577. The van der Waals surface area contributed by atoms with Gasteiger partial charge in [-0.25, -0.2) is 4.98 Å². The van der Waals surface area contributed by atoms with Crippen molar-refractivity contribution in [2.24, 2.45) is 4.99 Å². The van der Waals surface area contributed by atoms with E-state index in [1.807, 2.05) is 32.2 Å². The molecule has 0 aromatic carbocycles. The van der Waals surface area contributed by atoms with Gasteiger partial charge in [0.2, 0.25) is 5.82 Å². The SMILES string of the molecule is CN=C(NCCc1nc(-c2ccco2)n[nH]1)N1CCN(Cc2cc(C)on2)CC1. The van der Waals surface area contributed by atoms with E-state index in [9.17, 15) is 0 Å². The van der Waals surface area contributed by atoms with Crippen LogP contribution in [0.4, 0.5) is 0 Å². The van der Waals surface area contributed by atoms with E-state index in [0.29, 0.717) is 11.6 Å². The summed E-state index contributed by atoms with van der Waals surface area (Å²) in [6.45, 7) is 7.21. The Balaban J connectivity index is 1.22. The molecule has 0 aliphatic carbocycles. The van der Waals surface area contributed by atoms with Crippen LogP contribution in [-0.4, -0.2) is 75.9 Å². The Bertz CT molecular complexity index is 922. The van der Waals surface area contributed by atoms with Gasteiger partial charge in [-0.2, -0.15) is 5.10 Å². The molecule has 1 fully saturated rings. The molecule has 1 aliphatic rings. The van der Waals surface area contributed by atoms with Gasteiger partial charge >= 0.3 is 0 Å². The number of guanidine groups is 1. The van der Waals surface area contributed by atoms with E-state index in [1.54, 1.807) is 6.26 Å². The molecule has 4 rings (SSSR count). The molecule has 0 unspecified atom stereocenters. The van der Waals surface area contributed by atoms with E-state index in [1.165, 1.54) is 0 Å². The number of hydrogen-bond donors (Lipinski definition) is 2. The third-order valence-corrected chi connectivity index (χ3v) is 4.86. The fraction of sp³-hybridized carbons (Fsp3) is 0.474. The van der Waals surface area contributed by atoms with Gasteiger partial charge in [-0.15, -0.1) is 0 Å². The lowest BCUT2D eigenvalue weighted by Crippen LogP contribution is -2.52. The first-order chi connectivity index (χ1) is 14.2. The number of aliphatic imine (C=N–C) groups is 1. The van der Waals surface area contributed by atoms with Crippen molar-refractivity contribution in [3.8, 4) is 11.6 Å². The molecule has 3 aromatic heterocycles. The molecule has 2 N–H and O–H groups in total. The Morgan fingerprint density at radius 3 is 2.86 bits per heavy atom. The Kier molecular flexibility index (Phi) is 5.89. The van der Waals surface area contributed by atoms with Crippen LogP contribution in [0.1, 0.15) is 17.3 Å². The summed E-state index contributed by atoms with van der Waals surface area (Å²) in [5.74, 6) is 3.81. The van der Waals surface area contributed by atoms with Crippen molar-refractivity contribution in [1.82, 2.24) is 35.5 Å². The summed E-state index contributed by atoms with van der Waals surface area (Å²) in [6, 6.07) is 5.66. The summed E-state index contributed by atoms with van der Waals surface area (Å²) in [6.07, 6.45) is 2.33. The van der Waals surface area contributed by atoms with Crippen molar-refractivity contribution in [1.29, 1.82) is 0 Å². The first-order valence-electron chi connectivity index (χ1n) is 9.76. The highest BCUT2D eigenvalue weighted by Gasteiger charge is 2.20. The number of aromatic amines is 1. The highest BCUT2D eigenvalue weighted by Crippen LogP contribution is 2.14. The molecule has 0 radical (unpaired) electrons. The van der Waals surface area contributed by atoms with Gasteiger partial charge in [0.05, 0.1) is 12.0 Å². The molecular weight excluding hydrogens is 372 g/mol. The maximum absolute atomic E-state index is 5.32. The molecule has 1 aliphatic heterocycles. The highest BCUT2D eigenvalue weighted by molar-refractivity contribution is 5.80. The van der Waals surface area contributed by atoms with Gasteiger partial charge in [0.25, 0.3) is 0 Å². The van der Waals surface area contributed by atoms with E-state index in [-0.39, 0.29) is 0 Å². The number of piperazine rings is 1. The van der Waals surface area contributed by atoms with Crippen LogP contribution in [0, 0.1) is 6.92 Å². The number of H-pyrrole nitrogens is 1. The fourth-order valence-electron chi connectivity index (χ4n) is 3.39. The number of hydrogen-bond acceptors (Lipinski definition) is 7. The largest absolute Gasteiger partial charge is 0.461 e. The third kappa shape index (κ3) is 4.83. The van der Waals surface area contributed by atoms with E-state index in [0.717, 1.165) is 68.9 Å². The zero-order valence-electron chi connectivity index (χ0n) is 16.8. The molecule has 1 saturated heterocycles. The second kappa shape index (κ2) is 8.91. The average Bonchev–Trinajstić information content (AvgIpc) is 3.48. The molecule has 0 spiro atoms. The topological polar surface area (TPSA) is 112 Å². The van der Waals surface area contributed by atoms with E-state index < -0.39 is 0 Å². The predicted molar refractivity (Wildman–Crippen MR) is 107 cm³/mol. The van der Waals surface area contributed by atoms with Gasteiger partial charge < -0.3 is 19.2 Å². The molecule has 10 nitrogen and oxygen atoms in total. The summed E-state index contributed by atoms with van der Waals surface area (Å²) in [5.41, 5.74) is 0.986. The fourth-order valence-corrected chi connectivity index (χ4v) is 3.39. The lowest BCUT2D eigenvalue weighted by Gasteiger charge is -2.36. The lowest BCUT2D eigenvalue weighted by atomic mass is 10.3. The summed E-state index contributed by atoms with van der Waals surface area (Å²) < 4.78 is 10.5. The summed E-state index contributed by atoms with van der Waals surface area (Å²) in [7, 11) is 1.82. The molecule has 0 amide bonds. The van der Waals surface area contributed by atoms with E-state index in [4.69, 9.17) is 8.94 Å². The van der Waals surface area contributed by atoms with Crippen LogP contribution >= 0.6 is 0 Å². The Morgan fingerprint density at radius 2 is 2.17 bits per heavy atom. The van der Waals surface area contributed by atoms with Crippen LogP contribution in [0.3, 0.4) is 0 Å². The molecule has 154 valence electrons. The van der Waals surface area contributed by atoms with Gasteiger partial charge in [-0.1, -0.05) is 5.16 Å². The predicted octanol–water partition coefficient (Wildman–Crippen LogP) is 1.30. The smallest absolute Gasteiger partial charge is 0.216 e. The van der Waals surface area contributed by atoms with Gasteiger partial charge in [0.15, 0.2) is 11.7 Å². The number of nitrogens with zero attached hydrogens (tertiary/aromatic N) is 6. The normalized spacial score (nSPS) is 15.8. The summed E-state index contributed by atoms with van der Waals surface area (Å²) in [5, 5.41) is 14.7. The van der Waals surface area contributed by atoms with Gasteiger partial charge in [-0.3, -0.25) is 15.0 Å². The average molecular weight is 398 g/mol. The lowest BCUT2D eigenvalue weighted by molar-refractivity contribution is 0.169. The monoisotopic (exact) mass is 398 g/mol. The second-order valence-corrected chi connectivity index (χ2v) is 7.00. The number of aromatic nitrogens is 4. The zero-order valence-corrected chi connectivity index (χ0v) is 16.8. The number of nitrogens with one attached hydrogen (secondary N) is 2. The highest BCUT2D eigenvalue weighted by atomic mass is 16.5. The molecular formula is C19H26N8O2. The standard InChI is InChI=1S/C19H26N8O2/c1-14-12-15(25-29-14)13-26-7-9-27(10-8-26)19(20-2)21-6-5-17-22-18(24-23-17)16-4-3-11-28-16/h3-4,11-12H,5-10,13H2,1-2H3,(H,20,21)(H,22,23,24). The van der Waals surface area contributed by atoms with Crippen molar-refractivity contribution in [3.05, 3.63) is 41.7 Å². The molecule has 0 atom stereocenters. The second-order valence-electron chi connectivity index (χ2n) is 7.00. The maximum Gasteiger partial charge on any atom is 0.216 e. The molecule has 3 aromatic rings. The first-order valence-corrected chi connectivity index (χ1v) is 9.76. The van der Waals surface area contributed by atoms with Gasteiger partial charge in [0, 0.05) is 58.8 Å². The van der Waals surface area contributed by atoms with Crippen LogP contribution in [0.25, 0.3) is 11.6 Å². The quantitative estimate of drug-likeness (QED) is 0.472. The van der Waals surface area contributed by atoms with E-state index >= 15 is 0 Å². The van der Waals surface area contributed by atoms with Crippen LogP contribution in [0.15, 0.2) is 38.4 Å². The minimum absolute atomic E-state index is 0.577. The zero-order chi connectivity index (χ0) is 20.1. The first kappa shape index (κ1) is 19.2. The van der Waals surface area contributed by atoms with Crippen molar-refractivity contribution < 1.29 is 8.94 Å². The van der Waals surface area contributed by atoms with Crippen molar-refractivity contribution in [2.75, 3.05) is 39.8 Å². The number of aryl methyl sites for hydroxylation is 1. The van der Waals surface area contributed by atoms with Gasteiger partial charge in [-0.05, 0) is 19.1 Å². The van der Waals surface area contributed by atoms with Crippen LogP contribution in [-0.2, 0) is 13.0 Å². The summed E-state index contributed by atoms with van der Waals surface area (Å²) in [4.78, 5) is 13.5. The Labute approximate surface area is 169 Å². The van der Waals surface area contributed by atoms with E-state index in [2.05, 4.69) is 40.4 Å². The molecule has 29 heavy (non-hydrogen) atoms. The van der Waals surface area contributed by atoms with Crippen molar-refractivity contribution in [3.63, 3.8) is 0 Å². The third-order valence-electron chi connectivity index (χ3n) is 4.86. The van der Waals surface area contributed by atoms with Gasteiger partial charge in [0.1, 0.15) is 11.6 Å². The molecule has 0 bridgehead atoms. The van der Waals surface area contributed by atoms with Crippen LogP contribution in [0.2, 0.25) is 0 Å². The summed E-state index contributed by atoms with van der Waals surface area (Å²) >= 11 is 0. The number of furan rings is 1. The molecule has 0 saturated carbocycles. The van der Waals surface area contributed by atoms with Crippen LogP contribution in [0.5, 0.6) is 0 Å². The Morgan fingerprint density at radius 1 is 1.31 bits per heavy atom. The Hall–Kier alpha value is -3.14. The van der Waals surface area contributed by atoms with Crippen molar-refractivity contribution in [2.45, 2.75) is 19.9 Å². The number of rotatable bonds is 6. The molecule has 10 heteroatoms. The minimum Gasteiger partial charge on any atom is -0.461 e. The maximum atomic E-state index is 5.32. The molecule has 4 heterocycles. The van der Waals surface area contributed by atoms with Crippen molar-refractivity contribution >= 4 is 5.96 Å². The van der Waals surface area contributed by atoms with Crippen LogP contribution < -0.4 is 5.32 Å².